The molecule has 0 amide bonds. The largest absolute Gasteiger partial charge is 0.373 e. The summed E-state index contributed by atoms with van der Waals surface area (Å²) in [5.41, 5.74) is 2.64. The molecule has 1 unspecified atom stereocenters. The standard InChI is InChI=1S/C17H33N/c1-7-12-17(6)18(16(5)8-2)14-11-9-10-13-15(3)4/h16H,3,6-14H2,1-2,4-5H3. The van der Waals surface area contributed by atoms with E-state index in [4.69, 9.17) is 0 Å². The van der Waals surface area contributed by atoms with Crippen LogP contribution in [0.4, 0.5) is 0 Å². The maximum absolute atomic E-state index is 4.25. The summed E-state index contributed by atoms with van der Waals surface area (Å²) < 4.78 is 0. The van der Waals surface area contributed by atoms with Crippen molar-refractivity contribution >= 4 is 0 Å². The SMILES string of the molecule is C=C(C)CCCCCN(C(=C)CCC)C(C)CC. The van der Waals surface area contributed by atoms with E-state index in [1.165, 1.54) is 56.3 Å². The molecule has 0 rings (SSSR count). The van der Waals surface area contributed by atoms with Gasteiger partial charge in [-0.1, -0.05) is 38.8 Å². The van der Waals surface area contributed by atoms with Gasteiger partial charge >= 0.3 is 0 Å². The fraction of sp³-hybridized carbons (Fsp3) is 0.765. The second-order valence-electron chi connectivity index (χ2n) is 5.53. The highest BCUT2D eigenvalue weighted by Crippen LogP contribution is 2.17. The van der Waals surface area contributed by atoms with Gasteiger partial charge in [0.1, 0.15) is 0 Å². The van der Waals surface area contributed by atoms with E-state index >= 15 is 0 Å². The minimum atomic E-state index is 0.630. The Morgan fingerprint density at radius 3 is 2.22 bits per heavy atom. The van der Waals surface area contributed by atoms with E-state index in [0.29, 0.717) is 6.04 Å². The molecule has 106 valence electrons. The quantitative estimate of drug-likeness (QED) is 0.344. The van der Waals surface area contributed by atoms with Gasteiger partial charge in [-0.25, -0.2) is 0 Å². The van der Waals surface area contributed by atoms with Gasteiger partial charge in [-0.15, -0.1) is 6.58 Å². The average Bonchev–Trinajstić information content (AvgIpc) is 2.32. The van der Waals surface area contributed by atoms with Crippen molar-refractivity contribution in [3.8, 4) is 0 Å². The van der Waals surface area contributed by atoms with Crippen molar-refractivity contribution < 1.29 is 0 Å². The average molecular weight is 251 g/mol. The summed E-state index contributed by atoms with van der Waals surface area (Å²) in [6.45, 7) is 18.3. The fourth-order valence-electron chi connectivity index (χ4n) is 2.23. The van der Waals surface area contributed by atoms with Gasteiger partial charge in [-0.05, 0) is 46.0 Å². The lowest BCUT2D eigenvalue weighted by molar-refractivity contribution is 0.248. The Morgan fingerprint density at radius 1 is 1.06 bits per heavy atom. The van der Waals surface area contributed by atoms with Crippen LogP contribution in [0.15, 0.2) is 24.4 Å². The van der Waals surface area contributed by atoms with Crippen LogP contribution >= 0.6 is 0 Å². The second-order valence-corrected chi connectivity index (χ2v) is 5.53. The van der Waals surface area contributed by atoms with Gasteiger partial charge in [0.15, 0.2) is 0 Å². The van der Waals surface area contributed by atoms with Crippen LogP contribution in [0.3, 0.4) is 0 Å². The molecule has 0 spiro atoms. The Morgan fingerprint density at radius 2 is 1.72 bits per heavy atom. The topological polar surface area (TPSA) is 3.24 Å². The molecule has 0 aliphatic heterocycles. The molecule has 0 aromatic carbocycles. The third-order valence-corrected chi connectivity index (χ3v) is 3.57. The third kappa shape index (κ3) is 7.58. The molecule has 1 heteroatoms. The van der Waals surface area contributed by atoms with Crippen LogP contribution in [0.2, 0.25) is 0 Å². The van der Waals surface area contributed by atoms with Crippen LogP contribution in [-0.4, -0.2) is 17.5 Å². The van der Waals surface area contributed by atoms with Crippen LogP contribution in [-0.2, 0) is 0 Å². The molecule has 0 heterocycles. The predicted molar refractivity (Wildman–Crippen MR) is 83.8 cm³/mol. The third-order valence-electron chi connectivity index (χ3n) is 3.57. The summed E-state index contributed by atoms with van der Waals surface area (Å²) in [7, 11) is 0. The Bertz CT molecular complexity index is 242. The molecule has 1 atom stereocenters. The van der Waals surface area contributed by atoms with E-state index in [1.807, 2.05) is 0 Å². The van der Waals surface area contributed by atoms with E-state index in [-0.39, 0.29) is 0 Å². The van der Waals surface area contributed by atoms with Crippen LogP contribution in [0.5, 0.6) is 0 Å². The van der Waals surface area contributed by atoms with Crippen molar-refractivity contribution in [3.05, 3.63) is 24.4 Å². The maximum atomic E-state index is 4.25. The van der Waals surface area contributed by atoms with Crippen LogP contribution in [0.25, 0.3) is 0 Å². The van der Waals surface area contributed by atoms with Crippen LogP contribution < -0.4 is 0 Å². The van der Waals surface area contributed by atoms with Gasteiger partial charge in [0.25, 0.3) is 0 Å². The van der Waals surface area contributed by atoms with Gasteiger partial charge in [-0.2, -0.15) is 0 Å². The molecule has 1 nitrogen and oxygen atoms in total. The molecule has 0 aromatic heterocycles. The number of hydrogen-bond donors (Lipinski definition) is 0. The molecular weight excluding hydrogens is 218 g/mol. The monoisotopic (exact) mass is 251 g/mol. The Hall–Kier alpha value is -0.720. The van der Waals surface area contributed by atoms with Gasteiger partial charge in [0, 0.05) is 18.3 Å². The minimum absolute atomic E-state index is 0.630. The summed E-state index contributed by atoms with van der Waals surface area (Å²) in [5.74, 6) is 0. The van der Waals surface area contributed by atoms with E-state index in [0.717, 1.165) is 6.42 Å². The molecular formula is C17H33N. The molecule has 0 bridgehead atoms. The van der Waals surface area contributed by atoms with Crippen LogP contribution in [0.1, 0.15) is 72.6 Å². The lowest BCUT2D eigenvalue weighted by atomic mass is 10.1. The summed E-state index contributed by atoms with van der Waals surface area (Å²) >= 11 is 0. The first-order chi connectivity index (χ1) is 8.52. The highest BCUT2D eigenvalue weighted by atomic mass is 15.2. The molecule has 0 saturated carbocycles. The smallest absolute Gasteiger partial charge is 0.0255 e. The van der Waals surface area contributed by atoms with Gasteiger partial charge in [0.2, 0.25) is 0 Å². The van der Waals surface area contributed by atoms with Gasteiger partial charge < -0.3 is 4.90 Å². The Kier molecular flexibility index (Phi) is 9.82. The first-order valence-corrected chi connectivity index (χ1v) is 7.61. The first kappa shape index (κ1) is 17.3. The summed E-state index contributed by atoms with van der Waals surface area (Å²) in [4.78, 5) is 2.52. The number of hydrogen-bond acceptors (Lipinski definition) is 1. The summed E-state index contributed by atoms with van der Waals surface area (Å²) in [6.07, 6.45) is 8.58. The zero-order chi connectivity index (χ0) is 14.0. The van der Waals surface area contributed by atoms with Crippen LogP contribution in [0, 0.1) is 0 Å². The molecule has 0 aromatic rings. The maximum Gasteiger partial charge on any atom is 0.0255 e. The molecule has 18 heavy (non-hydrogen) atoms. The van der Waals surface area contributed by atoms with Crippen molar-refractivity contribution in [3.63, 3.8) is 0 Å². The highest BCUT2D eigenvalue weighted by Gasteiger charge is 2.12. The first-order valence-electron chi connectivity index (χ1n) is 7.61. The van der Waals surface area contributed by atoms with E-state index < -0.39 is 0 Å². The van der Waals surface area contributed by atoms with Crippen molar-refractivity contribution in [1.29, 1.82) is 0 Å². The zero-order valence-corrected chi connectivity index (χ0v) is 13.1. The second kappa shape index (κ2) is 10.2. The predicted octanol–water partition coefficient (Wildman–Crippen LogP) is 5.54. The molecule has 0 N–H and O–H groups in total. The fourth-order valence-corrected chi connectivity index (χ4v) is 2.23. The van der Waals surface area contributed by atoms with Crippen molar-refractivity contribution in [2.45, 2.75) is 78.7 Å². The number of unbranched alkanes of at least 4 members (excludes halogenated alkanes) is 2. The molecule has 0 radical (unpaired) electrons. The summed E-state index contributed by atoms with van der Waals surface area (Å²) in [6, 6.07) is 0.630. The van der Waals surface area contributed by atoms with Crippen molar-refractivity contribution in [2.24, 2.45) is 0 Å². The zero-order valence-electron chi connectivity index (χ0n) is 13.1. The van der Waals surface area contributed by atoms with E-state index in [1.54, 1.807) is 0 Å². The van der Waals surface area contributed by atoms with Crippen molar-refractivity contribution in [1.82, 2.24) is 4.90 Å². The van der Waals surface area contributed by atoms with E-state index in [9.17, 15) is 0 Å². The molecule has 0 saturated heterocycles. The number of rotatable bonds is 11. The molecule has 0 aliphatic carbocycles. The molecule has 0 aliphatic rings. The Balaban J connectivity index is 4.01. The minimum Gasteiger partial charge on any atom is -0.373 e. The Labute approximate surface area is 115 Å². The van der Waals surface area contributed by atoms with E-state index in [2.05, 4.69) is 45.8 Å². The van der Waals surface area contributed by atoms with Gasteiger partial charge in [-0.3, -0.25) is 0 Å². The number of allylic oxidation sites excluding steroid dienone is 2. The summed E-state index contributed by atoms with van der Waals surface area (Å²) in [5, 5.41) is 0. The van der Waals surface area contributed by atoms with Crippen molar-refractivity contribution in [2.75, 3.05) is 6.54 Å². The highest BCUT2D eigenvalue weighted by molar-refractivity contribution is 4.95. The van der Waals surface area contributed by atoms with Gasteiger partial charge in [0.05, 0.1) is 0 Å². The lowest BCUT2D eigenvalue weighted by Crippen LogP contribution is -2.32. The molecule has 0 fully saturated rings. The number of nitrogens with zero attached hydrogens (tertiary/aromatic N) is 1. The normalized spacial score (nSPS) is 12.2. The lowest BCUT2D eigenvalue weighted by Gasteiger charge is -2.32.